The van der Waals surface area contributed by atoms with Crippen LogP contribution in [-0.2, 0) is 4.79 Å². The highest BCUT2D eigenvalue weighted by molar-refractivity contribution is 5.98. The summed E-state index contributed by atoms with van der Waals surface area (Å²) in [6.07, 6.45) is 0. The molecule has 0 fully saturated rings. The topological polar surface area (TPSA) is 113 Å². The Kier molecular flexibility index (Phi) is 7.70. The Morgan fingerprint density at radius 1 is 1.03 bits per heavy atom. The van der Waals surface area contributed by atoms with Gasteiger partial charge in [-0.15, -0.1) is 0 Å². The van der Waals surface area contributed by atoms with Crippen LogP contribution in [0.3, 0.4) is 0 Å². The fourth-order valence-corrected chi connectivity index (χ4v) is 2.86. The number of nitrogens with zero attached hydrogens (tertiary/aromatic N) is 1. The van der Waals surface area contributed by atoms with Crippen LogP contribution in [0.15, 0.2) is 48.5 Å². The minimum atomic E-state index is -0.687. The van der Waals surface area contributed by atoms with Crippen molar-refractivity contribution in [2.75, 3.05) is 18.4 Å². The van der Waals surface area contributed by atoms with Crippen LogP contribution in [0.5, 0.6) is 0 Å². The van der Waals surface area contributed by atoms with Crippen LogP contribution in [0.2, 0.25) is 0 Å². The van der Waals surface area contributed by atoms with E-state index in [1.165, 1.54) is 6.07 Å². The van der Waals surface area contributed by atoms with Gasteiger partial charge in [-0.1, -0.05) is 44.2 Å². The number of rotatable bonds is 9. The summed E-state index contributed by atoms with van der Waals surface area (Å²) >= 11 is 0. The first-order valence-corrected chi connectivity index (χ1v) is 9.42. The van der Waals surface area contributed by atoms with Crippen LogP contribution in [0.4, 0.5) is 11.4 Å². The highest BCUT2D eigenvalue weighted by atomic mass is 16.6. The van der Waals surface area contributed by atoms with Crippen LogP contribution in [0.1, 0.15) is 29.8 Å². The molecule has 1 atom stereocenters. The summed E-state index contributed by atoms with van der Waals surface area (Å²) in [6.45, 7) is 6.12. The van der Waals surface area contributed by atoms with Crippen molar-refractivity contribution in [3.63, 3.8) is 0 Å². The lowest BCUT2D eigenvalue weighted by Crippen LogP contribution is -2.50. The van der Waals surface area contributed by atoms with E-state index in [-0.39, 0.29) is 30.0 Å². The lowest BCUT2D eigenvalue weighted by atomic mass is 10.0. The zero-order valence-corrected chi connectivity index (χ0v) is 16.8. The van der Waals surface area contributed by atoms with Gasteiger partial charge in [0.05, 0.1) is 4.92 Å². The Morgan fingerprint density at radius 2 is 1.69 bits per heavy atom. The summed E-state index contributed by atoms with van der Waals surface area (Å²) in [5, 5.41) is 19.5. The van der Waals surface area contributed by atoms with Crippen molar-refractivity contribution >= 4 is 23.2 Å². The standard InChI is InChI=1S/C21H26N4O4/c1-14(2)19(24-20(26)16-9-5-4-8-15(16)3)21(27)23-13-12-22-17-10-6-7-11-18(17)25(28)29/h4-11,14,19,22H,12-13H2,1-3H3,(H,23,27)(H,24,26). The van der Waals surface area contributed by atoms with E-state index in [9.17, 15) is 19.7 Å². The lowest BCUT2D eigenvalue weighted by Gasteiger charge is -2.22. The number of hydrogen-bond donors (Lipinski definition) is 3. The molecule has 8 heteroatoms. The second-order valence-electron chi connectivity index (χ2n) is 7.00. The second kappa shape index (κ2) is 10.2. The van der Waals surface area contributed by atoms with E-state index in [0.717, 1.165) is 5.56 Å². The van der Waals surface area contributed by atoms with Crippen molar-refractivity contribution in [1.82, 2.24) is 10.6 Å². The van der Waals surface area contributed by atoms with Gasteiger partial charge >= 0.3 is 0 Å². The van der Waals surface area contributed by atoms with E-state index in [2.05, 4.69) is 16.0 Å². The summed E-state index contributed by atoms with van der Waals surface area (Å²) in [6, 6.07) is 12.8. The second-order valence-corrected chi connectivity index (χ2v) is 7.00. The number of nitrogens with one attached hydrogen (secondary N) is 3. The number of para-hydroxylation sites is 2. The molecule has 2 aromatic rings. The Labute approximate surface area is 169 Å². The summed E-state index contributed by atoms with van der Waals surface area (Å²) in [4.78, 5) is 35.7. The highest BCUT2D eigenvalue weighted by Crippen LogP contribution is 2.22. The molecule has 2 aromatic carbocycles. The quantitative estimate of drug-likeness (QED) is 0.341. The molecule has 0 spiro atoms. The third-order valence-electron chi connectivity index (χ3n) is 4.47. The van der Waals surface area contributed by atoms with Gasteiger partial charge in [-0.3, -0.25) is 19.7 Å². The molecule has 0 radical (unpaired) electrons. The zero-order chi connectivity index (χ0) is 21.4. The number of amides is 2. The average molecular weight is 398 g/mol. The number of carbonyl (C=O) groups is 2. The number of aryl methyl sites for hydroxylation is 1. The maximum Gasteiger partial charge on any atom is 0.292 e. The molecular formula is C21H26N4O4. The molecule has 0 aliphatic carbocycles. The highest BCUT2D eigenvalue weighted by Gasteiger charge is 2.24. The van der Waals surface area contributed by atoms with Crippen molar-refractivity contribution in [2.45, 2.75) is 26.8 Å². The first kappa shape index (κ1) is 21.9. The van der Waals surface area contributed by atoms with E-state index >= 15 is 0 Å². The van der Waals surface area contributed by atoms with Gasteiger partial charge in [-0.2, -0.15) is 0 Å². The summed E-state index contributed by atoms with van der Waals surface area (Å²) in [7, 11) is 0. The third kappa shape index (κ3) is 6.03. The van der Waals surface area contributed by atoms with Crippen molar-refractivity contribution in [1.29, 1.82) is 0 Å². The van der Waals surface area contributed by atoms with Crippen molar-refractivity contribution in [3.05, 3.63) is 69.8 Å². The molecule has 0 saturated heterocycles. The van der Waals surface area contributed by atoms with Crippen LogP contribution in [0, 0.1) is 23.0 Å². The summed E-state index contributed by atoms with van der Waals surface area (Å²) < 4.78 is 0. The summed E-state index contributed by atoms with van der Waals surface area (Å²) in [5.41, 5.74) is 1.73. The normalized spacial score (nSPS) is 11.6. The first-order chi connectivity index (χ1) is 13.8. The van der Waals surface area contributed by atoms with E-state index in [1.54, 1.807) is 30.3 Å². The van der Waals surface area contributed by atoms with Crippen LogP contribution in [0.25, 0.3) is 0 Å². The number of hydrogen-bond acceptors (Lipinski definition) is 5. The Bertz CT molecular complexity index is 882. The molecule has 0 heterocycles. The largest absolute Gasteiger partial charge is 0.378 e. The Morgan fingerprint density at radius 3 is 2.34 bits per heavy atom. The van der Waals surface area contributed by atoms with Crippen molar-refractivity contribution < 1.29 is 14.5 Å². The van der Waals surface area contributed by atoms with Crippen LogP contribution >= 0.6 is 0 Å². The van der Waals surface area contributed by atoms with E-state index < -0.39 is 11.0 Å². The molecule has 154 valence electrons. The minimum absolute atomic E-state index is 0.0237. The number of anilines is 1. The predicted molar refractivity (Wildman–Crippen MR) is 112 cm³/mol. The zero-order valence-electron chi connectivity index (χ0n) is 16.8. The van der Waals surface area contributed by atoms with E-state index in [0.29, 0.717) is 17.8 Å². The van der Waals surface area contributed by atoms with Gasteiger partial charge in [0.2, 0.25) is 5.91 Å². The fourth-order valence-electron chi connectivity index (χ4n) is 2.86. The smallest absolute Gasteiger partial charge is 0.292 e. The molecular weight excluding hydrogens is 372 g/mol. The number of carbonyl (C=O) groups excluding carboxylic acids is 2. The molecule has 0 aliphatic rings. The van der Waals surface area contributed by atoms with Gasteiger partial charge in [-0.25, -0.2) is 0 Å². The Hall–Kier alpha value is -3.42. The van der Waals surface area contributed by atoms with Gasteiger partial charge in [0.1, 0.15) is 11.7 Å². The van der Waals surface area contributed by atoms with Crippen LogP contribution in [-0.4, -0.2) is 35.9 Å². The first-order valence-electron chi connectivity index (χ1n) is 9.42. The van der Waals surface area contributed by atoms with Gasteiger partial charge in [0.25, 0.3) is 11.6 Å². The lowest BCUT2D eigenvalue weighted by molar-refractivity contribution is -0.384. The average Bonchev–Trinajstić information content (AvgIpc) is 2.69. The molecule has 0 saturated carbocycles. The fraction of sp³-hybridized carbons (Fsp3) is 0.333. The third-order valence-corrected chi connectivity index (χ3v) is 4.47. The monoisotopic (exact) mass is 398 g/mol. The maximum atomic E-state index is 12.6. The molecule has 0 bridgehead atoms. The van der Waals surface area contributed by atoms with Crippen LogP contribution < -0.4 is 16.0 Å². The molecule has 1 unspecified atom stereocenters. The van der Waals surface area contributed by atoms with Crippen molar-refractivity contribution in [2.24, 2.45) is 5.92 Å². The predicted octanol–water partition coefficient (Wildman–Crippen LogP) is 2.89. The van der Waals surface area contributed by atoms with Gasteiger partial charge < -0.3 is 16.0 Å². The molecule has 8 nitrogen and oxygen atoms in total. The molecule has 29 heavy (non-hydrogen) atoms. The molecule has 0 aliphatic heterocycles. The SMILES string of the molecule is Cc1ccccc1C(=O)NC(C(=O)NCCNc1ccccc1[N+](=O)[O-])C(C)C. The molecule has 2 rings (SSSR count). The van der Waals surface area contributed by atoms with Crippen molar-refractivity contribution in [3.8, 4) is 0 Å². The van der Waals surface area contributed by atoms with Gasteiger partial charge in [-0.05, 0) is 30.5 Å². The summed E-state index contributed by atoms with van der Waals surface area (Å²) in [5.74, 6) is -0.701. The van der Waals surface area contributed by atoms with E-state index in [1.807, 2.05) is 32.9 Å². The number of benzene rings is 2. The van der Waals surface area contributed by atoms with E-state index in [4.69, 9.17) is 0 Å². The minimum Gasteiger partial charge on any atom is -0.378 e. The van der Waals surface area contributed by atoms with Gasteiger partial charge in [0.15, 0.2) is 0 Å². The Balaban J connectivity index is 1.91. The molecule has 3 N–H and O–H groups in total. The molecule has 0 aromatic heterocycles. The number of nitro benzene ring substituents is 1. The maximum absolute atomic E-state index is 12.6. The number of nitro groups is 1. The van der Waals surface area contributed by atoms with Gasteiger partial charge in [0, 0.05) is 24.7 Å². The molecule has 2 amide bonds.